The SMILES string of the molecule is C1CCCCPPPCCCC1. The first-order valence-corrected chi connectivity index (χ1v) is 10.6. The van der Waals surface area contributed by atoms with Crippen LogP contribution in [0, 0.1) is 0 Å². The fourth-order valence-corrected chi connectivity index (χ4v) is 8.29. The minimum atomic E-state index is 1.32. The number of hydrogen-bond acceptors (Lipinski definition) is 0. The molecule has 1 saturated heterocycles. The molecule has 0 spiro atoms. The smallest absolute Gasteiger partial charge is 0.0314 e. The first-order valence-electron chi connectivity index (χ1n) is 5.21. The predicted molar refractivity (Wildman–Crippen MR) is 67.0 cm³/mol. The van der Waals surface area contributed by atoms with Crippen LogP contribution in [-0.4, -0.2) is 12.3 Å². The van der Waals surface area contributed by atoms with Gasteiger partial charge in [0.25, 0.3) is 0 Å². The van der Waals surface area contributed by atoms with Crippen LogP contribution in [0.5, 0.6) is 0 Å². The van der Waals surface area contributed by atoms with Crippen LogP contribution in [-0.2, 0) is 0 Å². The molecule has 0 saturated carbocycles. The molecule has 0 aromatic rings. The second-order valence-electron chi connectivity index (χ2n) is 3.45. The zero-order chi connectivity index (χ0) is 8.49. The van der Waals surface area contributed by atoms with E-state index in [1.165, 1.54) is 69.4 Å². The van der Waals surface area contributed by atoms with E-state index in [1.807, 2.05) is 0 Å². The maximum absolute atomic E-state index is 1.55. The highest BCUT2D eigenvalue weighted by atomic mass is 32.4. The Bertz CT molecular complexity index is 52.8. The minimum Gasteiger partial charge on any atom is -0.0950 e. The topological polar surface area (TPSA) is 0 Å². The van der Waals surface area contributed by atoms with Crippen molar-refractivity contribution in [3.8, 4) is 0 Å². The van der Waals surface area contributed by atoms with Crippen LogP contribution in [0.25, 0.3) is 0 Å². The molecule has 72 valence electrons. The van der Waals surface area contributed by atoms with Gasteiger partial charge in [0.1, 0.15) is 0 Å². The standard InChI is InChI=1S/C9H21P3/c1-2-4-6-8-10-12-11-9-7-5-3-1/h10-12H,1-9H2. The van der Waals surface area contributed by atoms with E-state index in [4.69, 9.17) is 0 Å². The van der Waals surface area contributed by atoms with E-state index in [0.717, 1.165) is 0 Å². The summed E-state index contributed by atoms with van der Waals surface area (Å²) in [6.07, 6.45) is 13.7. The molecule has 1 fully saturated rings. The van der Waals surface area contributed by atoms with E-state index in [0.29, 0.717) is 0 Å². The van der Waals surface area contributed by atoms with Gasteiger partial charge in [-0.05, 0) is 25.2 Å². The van der Waals surface area contributed by atoms with Gasteiger partial charge in [0.15, 0.2) is 0 Å². The third-order valence-corrected chi connectivity index (χ3v) is 9.58. The monoisotopic (exact) mass is 222 g/mol. The molecule has 0 bridgehead atoms. The molecule has 2 atom stereocenters. The van der Waals surface area contributed by atoms with Crippen molar-refractivity contribution in [1.29, 1.82) is 0 Å². The molecular weight excluding hydrogens is 201 g/mol. The summed E-state index contributed by atoms with van der Waals surface area (Å²) < 4.78 is 0. The molecular formula is C9H21P3. The quantitative estimate of drug-likeness (QED) is 0.525. The van der Waals surface area contributed by atoms with Crippen molar-refractivity contribution >= 4 is 24.5 Å². The van der Waals surface area contributed by atoms with E-state index in [1.54, 1.807) is 12.3 Å². The van der Waals surface area contributed by atoms with E-state index >= 15 is 0 Å². The Labute approximate surface area is 82.2 Å². The Morgan fingerprint density at radius 1 is 0.500 bits per heavy atom. The molecule has 1 heterocycles. The third kappa shape index (κ3) is 6.77. The summed E-state index contributed by atoms with van der Waals surface area (Å²) in [5, 5.41) is 0. The van der Waals surface area contributed by atoms with Crippen LogP contribution in [0.3, 0.4) is 0 Å². The summed E-state index contributed by atoms with van der Waals surface area (Å²) in [4.78, 5) is 0. The van der Waals surface area contributed by atoms with Crippen molar-refractivity contribution in [1.82, 2.24) is 0 Å². The summed E-state index contributed by atoms with van der Waals surface area (Å²) in [7, 11) is 3.97. The van der Waals surface area contributed by atoms with Crippen molar-refractivity contribution in [3.63, 3.8) is 0 Å². The highest BCUT2D eigenvalue weighted by molar-refractivity contribution is 8.43. The van der Waals surface area contributed by atoms with Gasteiger partial charge in [-0.2, -0.15) is 0 Å². The lowest BCUT2D eigenvalue weighted by molar-refractivity contribution is 0.605. The molecule has 0 aliphatic carbocycles. The van der Waals surface area contributed by atoms with Gasteiger partial charge in [0.05, 0.1) is 0 Å². The molecule has 0 N–H and O–H groups in total. The van der Waals surface area contributed by atoms with Crippen LogP contribution in [0.15, 0.2) is 0 Å². The first-order chi connectivity index (χ1) is 6.00. The maximum atomic E-state index is 1.55. The van der Waals surface area contributed by atoms with Gasteiger partial charge in [-0.3, -0.25) is 0 Å². The van der Waals surface area contributed by atoms with Gasteiger partial charge in [0, 0.05) is 0 Å². The van der Waals surface area contributed by atoms with Gasteiger partial charge < -0.3 is 0 Å². The van der Waals surface area contributed by atoms with E-state index < -0.39 is 0 Å². The lowest BCUT2D eigenvalue weighted by Gasteiger charge is -2.06. The summed E-state index contributed by atoms with van der Waals surface area (Å²) in [6.45, 7) is 0. The summed E-state index contributed by atoms with van der Waals surface area (Å²) in [5.74, 6) is 0. The third-order valence-electron chi connectivity index (χ3n) is 2.28. The molecule has 0 nitrogen and oxygen atoms in total. The van der Waals surface area contributed by atoms with E-state index in [9.17, 15) is 0 Å². The van der Waals surface area contributed by atoms with Gasteiger partial charge in [0.2, 0.25) is 0 Å². The second-order valence-corrected chi connectivity index (χ2v) is 10.5. The van der Waals surface area contributed by atoms with Crippen LogP contribution in [0.4, 0.5) is 0 Å². The fourth-order valence-electron chi connectivity index (χ4n) is 1.50. The fraction of sp³-hybridized carbons (Fsp3) is 1.00. The number of rotatable bonds is 0. The summed E-state index contributed by atoms with van der Waals surface area (Å²) in [5.41, 5.74) is 0. The molecule has 0 amide bonds. The average molecular weight is 222 g/mol. The zero-order valence-corrected chi connectivity index (χ0v) is 10.9. The lowest BCUT2D eigenvalue weighted by atomic mass is 10.1. The van der Waals surface area contributed by atoms with Crippen molar-refractivity contribution < 1.29 is 0 Å². The van der Waals surface area contributed by atoms with E-state index in [-0.39, 0.29) is 0 Å². The largest absolute Gasteiger partial charge is 0.0950 e. The van der Waals surface area contributed by atoms with E-state index in [2.05, 4.69) is 0 Å². The van der Waals surface area contributed by atoms with Crippen molar-refractivity contribution in [2.75, 3.05) is 12.3 Å². The van der Waals surface area contributed by atoms with Crippen LogP contribution in [0.1, 0.15) is 44.9 Å². The Hall–Kier alpha value is 1.29. The molecule has 1 aliphatic heterocycles. The maximum Gasteiger partial charge on any atom is -0.0314 e. The summed E-state index contributed by atoms with van der Waals surface area (Å²) >= 11 is 0. The molecule has 2 unspecified atom stereocenters. The van der Waals surface area contributed by atoms with Crippen LogP contribution >= 0.6 is 24.5 Å². The van der Waals surface area contributed by atoms with Gasteiger partial charge in [-0.25, -0.2) is 0 Å². The molecule has 0 aromatic carbocycles. The van der Waals surface area contributed by atoms with Gasteiger partial charge >= 0.3 is 0 Å². The highest BCUT2D eigenvalue weighted by Crippen LogP contribution is 2.53. The number of hydrogen-bond donors (Lipinski definition) is 0. The molecule has 12 heavy (non-hydrogen) atoms. The van der Waals surface area contributed by atoms with Gasteiger partial charge in [-0.15, -0.1) is 0 Å². The van der Waals surface area contributed by atoms with Crippen molar-refractivity contribution in [3.05, 3.63) is 0 Å². The van der Waals surface area contributed by atoms with Crippen LogP contribution < -0.4 is 0 Å². The highest BCUT2D eigenvalue weighted by Gasteiger charge is 1.95. The second kappa shape index (κ2) is 8.87. The Morgan fingerprint density at radius 3 is 1.42 bits per heavy atom. The Morgan fingerprint density at radius 2 is 0.917 bits per heavy atom. The summed E-state index contributed by atoms with van der Waals surface area (Å²) in [6, 6.07) is 0. The molecule has 1 aliphatic rings. The molecule has 3 heteroatoms. The van der Waals surface area contributed by atoms with Crippen molar-refractivity contribution in [2.24, 2.45) is 0 Å². The Balaban J connectivity index is 2.00. The zero-order valence-electron chi connectivity index (χ0n) is 7.86. The molecule has 0 radical (unpaired) electrons. The average Bonchev–Trinajstić information content (AvgIpc) is 2.05. The molecule has 0 aromatic heterocycles. The normalized spacial score (nSPS) is 30.0. The van der Waals surface area contributed by atoms with Crippen LogP contribution in [0.2, 0.25) is 0 Å². The molecule has 1 rings (SSSR count). The van der Waals surface area contributed by atoms with Crippen molar-refractivity contribution in [2.45, 2.75) is 44.9 Å². The lowest BCUT2D eigenvalue weighted by Crippen LogP contribution is -1.83. The minimum absolute atomic E-state index is 1.32. The first kappa shape index (κ1) is 11.4. The van der Waals surface area contributed by atoms with Gasteiger partial charge in [-0.1, -0.05) is 56.6 Å². The predicted octanol–water partition coefficient (Wildman–Crippen LogP) is 4.60. The Kier molecular flexibility index (Phi) is 8.40.